The number of rotatable bonds is 6. The highest BCUT2D eigenvalue weighted by Gasteiger charge is 2.06. The molecule has 0 aliphatic carbocycles. The van der Waals surface area contributed by atoms with Gasteiger partial charge in [0.25, 0.3) is 0 Å². The van der Waals surface area contributed by atoms with Gasteiger partial charge in [0.2, 0.25) is 0 Å². The van der Waals surface area contributed by atoms with Crippen molar-refractivity contribution in [1.82, 2.24) is 0 Å². The van der Waals surface area contributed by atoms with E-state index < -0.39 is 0 Å². The summed E-state index contributed by atoms with van der Waals surface area (Å²) in [7, 11) is 1.59. The lowest BCUT2D eigenvalue weighted by atomic mass is 10.3. The molecule has 0 aliphatic rings. The molecule has 0 heterocycles. The van der Waals surface area contributed by atoms with Crippen molar-refractivity contribution in [3.8, 4) is 11.5 Å². The van der Waals surface area contributed by atoms with E-state index in [1.54, 1.807) is 19.2 Å². The first-order valence-corrected chi connectivity index (χ1v) is 7.33. The number of nitrogens with one attached hydrogen (secondary N) is 1. The van der Waals surface area contributed by atoms with E-state index in [1.807, 2.05) is 37.3 Å². The second-order valence-electron chi connectivity index (χ2n) is 4.61. The molecule has 112 valence electrons. The van der Waals surface area contributed by atoms with E-state index in [2.05, 4.69) is 5.32 Å². The second-order valence-corrected chi connectivity index (χ2v) is 5.46. The van der Waals surface area contributed by atoms with Crippen molar-refractivity contribution >= 4 is 28.9 Å². The van der Waals surface area contributed by atoms with Gasteiger partial charge in [0.1, 0.15) is 17.6 Å². The molecule has 0 amide bonds. The third-order valence-corrected chi connectivity index (χ3v) is 3.44. The molecule has 0 saturated heterocycles. The molecule has 2 aromatic rings. The zero-order valence-corrected chi connectivity index (χ0v) is 13.4. The smallest absolute Gasteiger partial charge is 0.137 e. The first-order chi connectivity index (χ1) is 10.1. The highest BCUT2D eigenvalue weighted by atomic mass is 35.5. The molecule has 0 saturated carbocycles. The van der Waals surface area contributed by atoms with Crippen LogP contribution in [-0.2, 0) is 0 Å². The van der Waals surface area contributed by atoms with Crippen molar-refractivity contribution in [2.75, 3.05) is 19.0 Å². The van der Waals surface area contributed by atoms with Gasteiger partial charge in [0.15, 0.2) is 0 Å². The Kier molecular flexibility index (Phi) is 5.59. The molecule has 2 rings (SSSR count). The molecule has 0 aromatic heterocycles. The van der Waals surface area contributed by atoms with Crippen molar-refractivity contribution < 1.29 is 9.47 Å². The fourth-order valence-electron chi connectivity index (χ4n) is 1.83. The quantitative estimate of drug-likeness (QED) is 0.820. The molecule has 3 nitrogen and oxygen atoms in total. The van der Waals surface area contributed by atoms with Crippen molar-refractivity contribution in [3.05, 3.63) is 52.5 Å². The van der Waals surface area contributed by atoms with Gasteiger partial charge in [-0.2, -0.15) is 0 Å². The van der Waals surface area contributed by atoms with Crippen LogP contribution >= 0.6 is 23.2 Å². The number of anilines is 1. The van der Waals surface area contributed by atoms with E-state index in [0.717, 1.165) is 11.4 Å². The summed E-state index contributed by atoms with van der Waals surface area (Å²) in [6.07, 6.45) is 0.00653. The molecule has 0 bridgehead atoms. The number of hydrogen-bond donors (Lipinski definition) is 1. The summed E-state index contributed by atoms with van der Waals surface area (Å²) in [5.74, 6) is 1.45. The fraction of sp³-hybridized carbons (Fsp3) is 0.250. The Hall–Kier alpha value is -1.58. The summed E-state index contributed by atoms with van der Waals surface area (Å²) in [5, 5.41) is 4.55. The lowest BCUT2D eigenvalue weighted by molar-refractivity contribution is 0.235. The Morgan fingerprint density at radius 1 is 1.10 bits per heavy atom. The standard InChI is InChI=1S/C16H17Cl2NO2/c1-11(21-14-6-3-12(17)4-7-14)10-19-13-5-8-16(20-2)15(18)9-13/h3-9,11,19H,10H2,1-2H3. The lowest BCUT2D eigenvalue weighted by Gasteiger charge is -2.16. The third kappa shape index (κ3) is 4.73. The summed E-state index contributed by atoms with van der Waals surface area (Å²) in [6.45, 7) is 2.65. The molecule has 1 unspecified atom stereocenters. The molecule has 1 atom stereocenters. The Bertz CT molecular complexity index is 587. The molecule has 0 fully saturated rings. The van der Waals surface area contributed by atoms with Crippen LogP contribution in [0.5, 0.6) is 11.5 Å². The van der Waals surface area contributed by atoms with Gasteiger partial charge in [-0.25, -0.2) is 0 Å². The monoisotopic (exact) mass is 325 g/mol. The highest BCUT2D eigenvalue weighted by molar-refractivity contribution is 6.32. The van der Waals surface area contributed by atoms with Crippen LogP contribution in [0, 0.1) is 0 Å². The third-order valence-electron chi connectivity index (χ3n) is 2.90. The minimum atomic E-state index is 0.00653. The van der Waals surface area contributed by atoms with Crippen LogP contribution in [0.15, 0.2) is 42.5 Å². The second kappa shape index (κ2) is 7.43. The van der Waals surface area contributed by atoms with Gasteiger partial charge in [-0.3, -0.25) is 0 Å². The van der Waals surface area contributed by atoms with Crippen LogP contribution in [0.3, 0.4) is 0 Å². The van der Waals surface area contributed by atoms with Crippen LogP contribution < -0.4 is 14.8 Å². The Balaban J connectivity index is 1.87. The summed E-state index contributed by atoms with van der Waals surface area (Å²) >= 11 is 11.9. The summed E-state index contributed by atoms with van der Waals surface area (Å²) in [6, 6.07) is 12.9. The summed E-state index contributed by atoms with van der Waals surface area (Å²) in [4.78, 5) is 0. The number of ether oxygens (including phenoxy) is 2. The maximum absolute atomic E-state index is 6.08. The van der Waals surface area contributed by atoms with Gasteiger partial charge >= 0.3 is 0 Å². The zero-order chi connectivity index (χ0) is 15.2. The first kappa shape index (κ1) is 15.8. The van der Waals surface area contributed by atoms with Crippen LogP contribution in [0.4, 0.5) is 5.69 Å². The van der Waals surface area contributed by atoms with Gasteiger partial charge in [-0.05, 0) is 49.4 Å². The SMILES string of the molecule is COc1ccc(NCC(C)Oc2ccc(Cl)cc2)cc1Cl. The van der Waals surface area contributed by atoms with Crippen LogP contribution in [0.25, 0.3) is 0 Å². The zero-order valence-electron chi connectivity index (χ0n) is 11.9. The van der Waals surface area contributed by atoms with Crippen LogP contribution in [-0.4, -0.2) is 19.8 Å². The van der Waals surface area contributed by atoms with Crippen molar-refractivity contribution in [3.63, 3.8) is 0 Å². The minimum Gasteiger partial charge on any atom is -0.495 e. The van der Waals surface area contributed by atoms with E-state index in [0.29, 0.717) is 22.3 Å². The highest BCUT2D eigenvalue weighted by Crippen LogP contribution is 2.27. The van der Waals surface area contributed by atoms with Crippen molar-refractivity contribution in [1.29, 1.82) is 0 Å². The fourth-order valence-corrected chi connectivity index (χ4v) is 2.21. The Morgan fingerprint density at radius 2 is 1.81 bits per heavy atom. The predicted octanol–water partition coefficient (Wildman–Crippen LogP) is 4.88. The van der Waals surface area contributed by atoms with Gasteiger partial charge in [-0.1, -0.05) is 23.2 Å². The topological polar surface area (TPSA) is 30.5 Å². The predicted molar refractivity (Wildman–Crippen MR) is 88.0 cm³/mol. The maximum Gasteiger partial charge on any atom is 0.137 e. The normalized spacial score (nSPS) is 11.8. The molecular formula is C16H17Cl2NO2. The number of methoxy groups -OCH3 is 1. The summed E-state index contributed by atoms with van der Waals surface area (Å²) in [5.41, 5.74) is 0.923. The van der Waals surface area contributed by atoms with Gasteiger partial charge in [0, 0.05) is 10.7 Å². The molecule has 0 aliphatic heterocycles. The molecule has 5 heteroatoms. The van der Waals surface area contributed by atoms with E-state index in [9.17, 15) is 0 Å². The summed E-state index contributed by atoms with van der Waals surface area (Å²) < 4.78 is 10.9. The molecule has 21 heavy (non-hydrogen) atoms. The molecule has 1 N–H and O–H groups in total. The number of hydrogen-bond acceptors (Lipinski definition) is 3. The average Bonchev–Trinajstić information content (AvgIpc) is 2.48. The van der Waals surface area contributed by atoms with Crippen molar-refractivity contribution in [2.45, 2.75) is 13.0 Å². The van der Waals surface area contributed by atoms with Gasteiger partial charge in [-0.15, -0.1) is 0 Å². The molecule has 2 aromatic carbocycles. The van der Waals surface area contributed by atoms with E-state index in [-0.39, 0.29) is 6.10 Å². The van der Waals surface area contributed by atoms with E-state index in [1.165, 1.54) is 0 Å². The molecule has 0 spiro atoms. The molecule has 0 radical (unpaired) electrons. The largest absolute Gasteiger partial charge is 0.495 e. The van der Waals surface area contributed by atoms with Crippen LogP contribution in [0.1, 0.15) is 6.92 Å². The van der Waals surface area contributed by atoms with Crippen LogP contribution in [0.2, 0.25) is 10.0 Å². The maximum atomic E-state index is 6.08. The molecular weight excluding hydrogens is 309 g/mol. The minimum absolute atomic E-state index is 0.00653. The number of benzene rings is 2. The Labute approximate surface area is 134 Å². The van der Waals surface area contributed by atoms with E-state index in [4.69, 9.17) is 32.7 Å². The first-order valence-electron chi connectivity index (χ1n) is 6.58. The number of halogens is 2. The van der Waals surface area contributed by atoms with Crippen molar-refractivity contribution in [2.24, 2.45) is 0 Å². The Morgan fingerprint density at radius 3 is 2.43 bits per heavy atom. The average molecular weight is 326 g/mol. The van der Waals surface area contributed by atoms with E-state index >= 15 is 0 Å². The van der Waals surface area contributed by atoms with Gasteiger partial charge < -0.3 is 14.8 Å². The lowest BCUT2D eigenvalue weighted by Crippen LogP contribution is -2.22. The van der Waals surface area contributed by atoms with Gasteiger partial charge in [0.05, 0.1) is 18.7 Å².